The second-order valence-corrected chi connectivity index (χ2v) is 17.6. The Morgan fingerprint density at radius 2 is 1.81 bits per heavy atom. The van der Waals surface area contributed by atoms with E-state index in [2.05, 4.69) is 38.3 Å². The van der Waals surface area contributed by atoms with Crippen molar-refractivity contribution in [2.24, 2.45) is 11.4 Å². The van der Waals surface area contributed by atoms with Crippen molar-refractivity contribution in [2.75, 3.05) is 6.61 Å². The zero-order chi connectivity index (χ0) is 24.6. The van der Waals surface area contributed by atoms with Crippen LogP contribution >= 0.6 is 0 Å². The maximum atomic E-state index is 13.1. The van der Waals surface area contributed by atoms with Crippen molar-refractivity contribution < 1.29 is 8.98 Å². The van der Waals surface area contributed by atoms with E-state index in [1.165, 1.54) is 0 Å². The van der Waals surface area contributed by atoms with Crippen LogP contribution in [0, 0.1) is 6.92 Å². The largest absolute Gasteiger partial charge is 0.591 e. The SMILES string of the molecule is CCc1nc2c(C(CO[Si](C)(C)C(C)(C)C)=N[S+]([O-])C(C)(C)C)cc(C)cc2c(=O)n1C. The molecule has 0 spiro atoms. The van der Waals surface area contributed by atoms with E-state index < -0.39 is 24.4 Å². The van der Waals surface area contributed by atoms with Crippen LogP contribution in [0.2, 0.25) is 18.1 Å². The van der Waals surface area contributed by atoms with Gasteiger partial charge >= 0.3 is 0 Å². The van der Waals surface area contributed by atoms with Gasteiger partial charge in [-0.2, -0.15) is 0 Å². The molecule has 0 aliphatic heterocycles. The van der Waals surface area contributed by atoms with Crippen molar-refractivity contribution in [3.05, 3.63) is 39.4 Å². The van der Waals surface area contributed by atoms with E-state index >= 15 is 0 Å². The van der Waals surface area contributed by atoms with E-state index in [1.54, 1.807) is 11.6 Å². The first-order chi connectivity index (χ1) is 14.5. The van der Waals surface area contributed by atoms with Gasteiger partial charge in [0.15, 0.2) is 8.32 Å². The lowest BCUT2D eigenvalue weighted by atomic mass is 10.0. The minimum Gasteiger partial charge on any atom is -0.591 e. The molecule has 0 bridgehead atoms. The van der Waals surface area contributed by atoms with Crippen LogP contribution in [0.15, 0.2) is 21.3 Å². The van der Waals surface area contributed by atoms with Gasteiger partial charge in [0.25, 0.3) is 5.56 Å². The monoisotopic (exact) mass is 477 g/mol. The second-order valence-electron chi connectivity index (χ2n) is 10.9. The van der Waals surface area contributed by atoms with Crippen molar-refractivity contribution in [3.63, 3.8) is 0 Å². The molecule has 0 fully saturated rings. The van der Waals surface area contributed by atoms with Crippen molar-refractivity contribution in [1.82, 2.24) is 9.55 Å². The average molecular weight is 478 g/mol. The number of rotatable bonds is 6. The Morgan fingerprint density at radius 3 is 2.31 bits per heavy atom. The first-order valence-corrected chi connectivity index (χ1v) is 15.1. The Balaban J connectivity index is 2.77. The topological polar surface area (TPSA) is 79.5 Å². The fraction of sp³-hybridized carbons (Fsp3) is 0.625. The van der Waals surface area contributed by atoms with Crippen molar-refractivity contribution in [1.29, 1.82) is 0 Å². The maximum Gasteiger partial charge on any atom is 0.261 e. The van der Waals surface area contributed by atoms with Gasteiger partial charge in [-0.05, 0) is 63.5 Å². The van der Waals surface area contributed by atoms with E-state index in [4.69, 9.17) is 9.41 Å². The van der Waals surface area contributed by atoms with Crippen LogP contribution in [0.1, 0.15) is 65.4 Å². The second kappa shape index (κ2) is 9.41. The molecule has 0 saturated carbocycles. The van der Waals surface area contributed by atoms with Gasteiger partial charge in [-0.1, -0.05) is 32.1 Å². The zero-order valence-electron chi connectivity index (χ0n) is 21.5. The van der Waals surface area contributed by atoms with E-state index in [9.17, 15) is 9.35 Å². The first kappa shape index (κ1) is 26.8. The number of fused-ring (bicyclic) bond motifs is 1. The molecule has 0 radical (unpaired) electrons. The lowest BCUT2D eigenvalue weighted by molar-refractivity contribution is 0.340. The molecule has 1 atom stereocenters. The quantitative estimate of drug-likeness (QED) is 0.330. The zero-order valence-corrected chi connectivity index (χ0v) is 23.4. The molecule has 2 aromatic rings. The summed E-state index contributed by atoms with van der Waals surface area (Å²) < 4.78 is 25.2. The molecule has 0 N–H and O–H groups in total. The summed E-state index contributed by atoms with van der Waals surface area (Å²) in [7, 11) is -0.332. The Kier molecular flexibility index (Phi) is 7.87. The first-order valence-electron chi connectivity index (χ1n) is 11.1. The molecular formula is C24H39N3O3SSi. The number of hydrogen-bond donors (Lipinski definition) is 0. The summed E-state index contributed by atoms with van der Waals surface area (Å²) in [5, 5.41) is 0.570. The van der Waals surface area contributed by atoms with Crippen molar-refractivity contribution in [2.45, 2.75) is 84.7 Å². The third-order valence-corrected chi connectivity index (χ3v) is 12.0. The van der Waals surface area contributed by atoms with Crippen molar-refractivity contribution >= 4 is 36.3 Å². The molecule has 178 valence electrons. The highest BCUT2D eigenvalue weighted by molar-refractivity contribution is 7.91. The van der Waals surface area contributed by atoms with E-state index in [0.717, 1.165) is 11.1 Å². The van der Waals surface area contributed by atoms with Crippen LogP contribution in [0.5, 0.6) is 0 Å². The third-order valence-electron chi connectivity index (χ3n) is 6.14. The summed E-state index contributed by atoms with van der Waals surface area (Å²) >= 11 is -1.47. The molecular weight excluding hydrogens is 438 g/mol. The van der Waals surface area contributed by atoms with Gasteiger partial charge in [0.2, 0.25) is 0 Å². The highest BCUT2D eigenvalue weighted by Crippen LogP contribution is 2.36. The number of aromatic nitrogens is 2. The molecule has 0 saturated heterocycles. The number of aryl methyl sites for hydroxylation is 2. The summed E-state index contributed by atoms with van der Waals surface area (Å²) in [4.78, 5) is 17.9. The van der Waals surface area contributed by atoms with Gasteiger partial charge in [-0.25, -0.2) is 4.98 Å². The molecule has 8 heteroatoms. The lowest BCUT2D eigenvalue weighted by Gasteiger charge is -2.36. The summed E-state index contributed by atoms with van der Waals surface area (Å²) in [5.74, 6) is 0.703. The Hall–Kier alpha value is -1.48. The average Bonchev–Trinajstić information content (AvgIpc) is 2.65. The van der Waals surface area contributed by atoms with Crippen LogP contribution < -0.4 is 5.56 Å². The molecule has 6 nitrogen and oxygen atoms in total. The van der Waals surface area contributed by atoms with Gasteiger partial charge in [-0.3, -0.25) is 9.36 Å². The van der Waals surface area contributed by atoms with Gasteiger partial charge in [0.05, 0.1) is 17.5 Å². The molecule has 1 unspecified atom stereocenters. The molecule has 0 amide bonds. The Bertz CT molecular complexity index is 1080. The Morgan fingerprint density at radius 1 is 1.22 bits per heavy atom. The van der Waals surface area contributed by atoms with E-state index in [1.807, 2.05) is 46.8 Å². The lowest BCUT2D eigenvalue weighted by Crippen LogP contribution is -2.42. The number of hydrogen-bond acceptors (Lipinski definition) is 5. The number of benzene rings is 1. The van der Waals surface area contributed by atoms with Crippen LogP contribution in [-0.2, 0) is 29.3 Å². The highest BCUT2D eigenvalue weighted by atomic mass is 32.2. The summed E-state index contributed by atoms with van der Waals surface area (Å²) in [6.07, 6.45) is 0.635. The fourth-order valence-electron chi connectivity index (χ4n) is 2.96. The minimum atomic E-state index is -2.08. The van der Waals surface area contributed by atoms with Gasteiger partial charge < -0.3 is 8.98 Å². The molecule has 0 aliphatic rings. The van der Waals surface area contributed by atoms with Crippen LogP contribution in [0.4, 0.5) is 0 Å². The Labute approximate surface area is 197 Å². The van der Waals surface area contributed by atoms with E-state index in [-0.39, 0.29) is 17.2 Å². The molecule has 2 rings (SSSR count). The minimum absolute atomic E-state index is 0.0273. The predicted molar refractivity (Wildman–Crippen MR) is 139 cm³/mol. The standard InChI is InChI=1S/C24H39N3O3SSi/c1-12-20-25-21-17(13-16(2)14-18(21)22(28)27(20)9)19(26-31(29)23(3,4)5)15-30-32(10,11)24(6,7)8/h13-14H,12,15H2,1-11H3. The van der Waals surface area contributed by atoms with Crippen LogP contribution in [0.25, 0.3) is 10.9 Å². The molecule has 0 aliphatic carbocycles. The molecule has 1 aromatic heterocycles. The van der Waals surface area contributed by atoms with Gasteiger partial charge in [-0.15, -0.1) is 0 Å². The van der Waals surface area contributed by atoms with Gasteiger partial charge in [0, 0.05) is 19.0 Å². The summed E-state index contributed by atoms with van der Waals surface area (Å²) in [5.41, 5.74) is 2.75. The predicted octanol–water partition coefficient (Wildman–Crippen LogP) is 5.08. The summed E-state index contributed by atoms with van der Waals surface area (Å²) in [6.45, 7) is 20.8. The smallest absolute Gasteiger partial charge is 0.261 e. The molecule has 1 aromatic carbocycles. The summed E-state index contributed by atoms with van der Waals surface area (Å²) in [6, 6.07) is 3.84. The number of nitrogens with zero attached hydrogens (tertiary/aromatic N) is 3. The van der Waals surface area contributed by atoms with Crippen LogP contribution in [-0.4, -0.2) is 39.5 Å². The van der Waals surface area contributed by atoms with Gasteiger partial charge in [0.1, 0.15) is 27.6 Å². The fourth-order valence-corrected chi connectivity index (χ4v) is 4.51. The highest BCUT2D eigenvalue weighted by Gasteiger charge is 2.38. The maximum absolute atomic E-state index is 13.1. The van der Waals surface area contributed by atoms with E-state index in [0.29, 0.717) is 28.9 Å². The third kappa shape index (κ3) is 5.71. The van der Waals surface area contributed by atoms with Crippen molar-refractivity contribution in [3.8, 4) is 0 Å². The molecule has 1 heterocycles. The molecule has 32 heavy (non-hydrogen) atoms. The normalized spacial score (nSPS) is 14.8. The van der Waals surface area contributed by atoms with Crippen LogP contribution in [0.3, 0.4) is 0 Å².